The Balaban J connectivity index is 1.32. The number of anilines is 4. The summed E-state index contributed by atoms with van der Waals surface area (Å²) >= 11 is 0. The minimum atomic E-state index is -4.79. The Morgan fingerprint density at radius 2 is 1.36 bits per heavy atom. The van der Waals surface area contributed by atoms with Gasteiger partial charge in [0, 0.05) is 23.1 Å². The molecule has 0 bridgehead atoms. The van der Waals surface area contributed by atoms with Gasteiger partial charge in [0.05, 0.1) is 5.56 Å². The third kappa shape index (κ3) is 8.24. The van der Waals surface area contributed by atoms with Gasteiger partial charge >= 0.3 is 18.6 Å². The lowest BCUT2D eigenvalue weighted by Gasteiger charge is -2.12. The van der Waals surface area contributed by atoms with Crippen molar-refractivity contribution in [1.29, 1.82) is 0 Å². The van der Waals surface area contributed by atoms with Crippen LogP contribution in [0.1, 0.15) is 5.56 Å². The van der Waals surface area contributed by atoms with E-state index < -0.39 is 24.1 Å². The highest BCUT2D eigenvalue weighted by Crippen LogP contribution is 2.31. The highest BCUT2D eigenvalue weighted by atomic mass is 19.4. The Hall–Kier alpha value is -5.01. The average Bonchev–Trinajstić information content (AvgIpc) is 2.85. The van der Waals surface area contributed by atoms with Gasteiger partial charge in [-0.3, -0.25) is 0 Å². The van der Waals surface area contributed by atoms with Gasteiger partial charge in [-0.05, 0) is 66.7 Å². The van der Waals surface area contributed by atoms with Crippen LogP contribution in [0.25, 0.3) is 0 Å². The van der Waals surface area contributed by atoms with Crippen LogP contribution in [-0.4, -0.2) is 22.4 Å². The number of alkyl halides is 6. The van der Waals surface area contributed by atoms with E-state index in [4.69, 9.17) is 4.74 Å². The lowest BCUT2D eigenvalue weighted by molar-refractivity contribution is -0.274. The molecule has 0 saturated heterocycles. The minimum absolute atomic E-state index is 0.0268. The second kappa shape index (κ2) is 11.2. The van der Waals surface area contributed by atoms with Crippen LogP contribution in [0.5, 0.6) is 17.4 Å². The number of halogens is 6. The molecule has 0 saturated carbocycles. The fourth-order valence-corrected chi connectivity index (χ4v) is 3.15. The van der Waals surface area contributed by atoms with E-state index in [9.17, 15) is 31.1 Å². The van der Waals surface area contributed by atoms with E-state index in [1.807, 2.05) is 0 Å². The number of benzene rings is 3. The fraction of sp³-hybridized carbons (Fsp3) is 0.0800. The van der Waals surface area contributed by atoms with Crippen LogP contribution < -0.4 is 25.4 Å². The Morgan fingerprint density at radius 3 is 2.03 bits per heavy atom. The molecule has 0 aliphatic heterocycles. The molecule has 3 N–H and O–H groups in total. The maximum Gasteiger partial charge on any atom is 0.573 e. The van der Waals surface area contributed by atoms with Gasteiger partial charge in [0.25, 0.3) is 0 Å². The Kier molecular flexibility index (Phi) is 7.74. The molecule has 0 atom stereocenters. The summed E-state index contributed by atoms with van der Waals surface area (Å²) in [5.74, 6) is 0.421. The molecule has 8 nitrogen and oxygen atoms in total. The zero-order chi connectivity index (χ0) is 28.0. The van der Waals surface area contributed by atoms with Gasteiger partial charge in [-0.1, -0.05) is 6.07 Å². The van der Waals surface area contributed by atoms with E-state index >= 15 is 0 Å². The molecule has 2 amide bonds. The third-order valence-corrected chi connectivity index (χ3v) is 4.78. The number of nitrogens with one attached hydrogen (secondary N) is 3. The first-order valence-electron chi connectivity index (χ1n) is 10.9. The topological polar surface area (TPSA) is 97.4 Å². The molecule has 1 aromatic heterocycles. The summed E-state index contributed by atoms with van der Waals surface area (Å²) in [7, 11) is 0. The number of hydrogen-bond acceptors (Lipinski definition) is 6. The van der Waals surface area contributed by atoms with E-state index in [-0.39, 0.29) is 17.3 Å². The van der Waals surface area contributed by atoms with E-state index in [0.29, 0.717) is 22.9 Å². The fourth-order valence-electron chi connectivity index (χ4n) is 3.15. The number of nitrogens with zero attached hydrogens (tertiary/aromatic N) is 2. The van der Waals surface area contributed by atoms with Gasteiger partial charge < -0.3 is 25.4 Å². The molecule has 0 aliphatic carbocycles. The Morgan fingerprint density at radius 1 is 0.718 bits per heavy atom. The third-order valence-electron chi connectivity index (χ3n) is 4.78. The number of rotatable bonds is 7. The summed E-state index contributed by atoms with van der Waals surface area (Å²) in [6.07, 6.45) is -8.11. The van der Waals surface area contributed by atoms with Crippen LogP contribution in [0.2, 0.25) is 0 Å². The van der Waals surface area contributed by atoms with Crippen LogP contribution in [-0.2, 0) is 6.18 Å². The van der Waals surface area contributed by atoms with E-state index in [0.717, 1.165) is 24.3 Å². The molecular weight excluding hydrogens is 532 g/mol. The Labute approximate surface area is 216 Å². The molecule has 0 radical (unpaired) electrons. The number of urea groups is 1. The molecule has 4 aromatic rings. The standard InChI is InChI=1S/C25H17F6N5O3/c26-24(27,28)15-2-1-3-18(12-15)36-23(37)35-17-4-8-19(9-5-17)38-22-13-21(32-14-33-22)34-16-6-10-20(11-7-16)39-25(29,30)31/h1-14H,(H,32,33,34)(H2,35,36,37). The van der Waals surface area contributed by atoms with Crippen LogP contribution in [0.15, 0.2) is 85.2 Å². The molecule has 202 valence electrons. The maximum absolute atomic E-state index is 12.8. The number of carbonyl (C=O) groups excluding carboxylic acids is 1. The molecule has 39 heavy (non-hydrogen) atoms. The van der Waals surface area contributed by atoms with Gasteiger partial charge in [-0.2, -0.15) is 13.2 Å². The van der Waals surface area contributed by atoms with Gasteiger partial charge in [0.15, 0.2) is 0 Å². The molecule has 14 heteroatoms. The first-order valence-corrected chi connectivity index (χ1v) is 10.9. The summed E-state index contributed by atoms with van der Waals surface area (Å²) < 4.78 is 84.9. The van der Waals surface area contributed by atoms with Crippen molar-refractivity contribution in [3.8, 4) is 17.4 Å². The number of ether oxygens (including phenoxy) is 2. The van der Waals surface area contributed by atoms with E-state index in [1.165, 1.54) is 60.9 Å². The van der Waals surface area contributed by atoms with Crippen molar-refractivity contribution in [1.82, 2.24) is 9.97 Å². The van der Waals surface area contributed by atoms with Crippen LogP contribution in [0.3, 0.4) is 0 Å². The second-order valence-corrected chi connectivity index (χ2v) is 7.72. The highest BCUT2D eigenvalue weighted by Gasteiger charge is 2.31. The van der Waals surface area contributed by atoms with Gasteiger partial charge in [-0.15, -0.1) is 13.2 Å². The van der Waals surface area contributed by atoms with Gasteiger partial charge in [0.2, 0.25) is 5.88 Å². The largest absolute Gasteiger partial charge is 0.573 e. The van der Waals surface area contributed by atoms with Crippen LogP contribution in [0, 0.1) is 0 Å². The van der Waals surface area contributed by atoms with Crippen molar-refractivity contribution >= 4 is 28.9 Å². The zero-order valence-electron chi connectivity index (χ0n) is 19.5. The van der Waals surface area contributed by atoms with E-state index in [1.54, 1.807) is 0 Å². The lowest BCUT2D eigenvalue weighted by atomic mass is 10.2. The maximum atomic E-state index is 12.8. The monoisotopic (exact) mass is 549 g/mol. The van der Waals surface area contributed by atoms with Crippen molar-refractivity contribution in [2.24, 2.45) is 0 Å². The number of aromatic nitrogens is 2. The number of amides is 2. The van der Waals surface area contributed by atoms with Crippen molar-refractivity contribution < 1.29 is 40.6 Å². The Bertz CT molecular complexity index is 1430. The van der Waals surface area contributed by atoms with Gasteiger partial charge in [0.1, 0.15) is 23.6 Å². The second-order valence-electron chi connectivity index (χ2n) is 7.72. The van der Waals surface area contributed by atoms with Gasteiger partial charge in [-0.25, -0.2) is 14.8 Å². The van der Waals surface area contributed by atoms with Crippen molar-refractivity contribution in [3.63, 3.8) is 0 Å². The summed E-state index contributed by atoms with van der Waals surface area (Å²) in [6, 6.07) is 16.0. The normalized spacial score (nSPS) is 11.4. The average molecular weight is 549 g/mol. The summed E-state index contributed by atoms with van der Waals surface area (Å²) in [6.45, 7) is 0. The molecule has 0 unspecified atom stereocenters. The first-order chi connectivity index (χ1) is 18.4. The SMILES string of the molecule is O=C(Nc1ccc(Oc2cc(Nc3ccc(OC(F)(F)F)cc3)ncn2)cc1)Nc1cccc(C(F)(F)F)c1. The summed E-state index contributed by atoms with van der Waals surface area (Å²) in [4.78, 5) is 20.2. The van der Waals surface area contributed by atoms with Crippen LogP contribution >= 0.6 is 0 Å². The molecule has 0 fully saturated rings. The number of hydrogen-bond donors (Lipinski definition) is 3. The molecule has 1 heterocycles. The zero-order valence-corrected chi connectivity index (χ0v) is 19.5. The quantitative estimate of drug-likeness (QED) is 0.206. The summed E-state index contributed by atoms with van der Waals surface area (Å²) in [5.41, 5.74) is -0.137. The first kappa shape index (κ1) is 27.0. The van der Waals surface area contributed by atoms with Crippen LogP contribution in [0.4, 0.5) is 54.0 Å². The van der Waals surface area contributed by atoms with Crippen molar-refractivity contribution in [2.75, 3.05) is 16.0 Å². The predicted molar refractivity (Wildman–Crippen MR) is 129 cm³/mol. The number of carbonyl (C=O) groups is 1. The molecule has 0 spiro atoms. The summed E-state index contributed by atoms with van der Waals surface area (Å²) in [5, 5.41) is 7.73. The van der Waals surface area contributed by atoms with E-state index in [2.05, 4.69) is 30.7 Å². The van der Waals surface area contributed by atoms with Crippen molar-refractivity contribution in [2.45, 2.75) is 12.5 Å². The molecule has 3 aromatic carbocycles. The molecular formula is C25H17F6N5O3. The minimum Gasteiger partial charge on any atom is -0.439 e. The molecule has 4 rings (SSSR count). The lowest BCUT2D eigenvalue weighted by Crippen LogP contribution is -2.19. The smallest absolute Gasteiger partial charge is 0.439 e. The van der Waals surface area contributed by atoms with Crippen molar-refractivity contribution in [3.05, 3.63) is 90.8 Å². The predicted octanol–water partition coefficient (Wildman–Crippen LogP) is 7.57. The highest BCUT2D eigenvalue weighted by molar-refractivity contribution is 5.99. The molecule has 0 aliphatic rings.